The fourth-order valence-corrected chi connectivity index (χ4v) is 1.59. The SMILES string of the molecule is C/C(=N/NC(=O)CC#N)c1ccc2c(c1)OCCO2. The van der Waals surface area contributed by atoms with Crippen LogP contribution in [0.25, 0.3) is 0 Å². The Kier molecular flexibility index (Phi) is 3.98. The van der Waals surface area contributed by atoms with Gasteiger partial charge >= 0.3 is 0 Å². The molecule has 0 spiro atoms. The van der Waals surface area contributed by atoms with Crippen LogP contribution in [0.2, 0.25) is 0 Å². The van der Waals surface area contributed by atoms with Crippen molar-refractivity contribution in [1.29, 1.82) is 5.26 Å². The lowest BCUT2D eigenvalue weighted by molar-refractivity contribution is -0.120. The molecule has 0 saturated carbocycles. The van der Waals surface area contributed by atoms with Gasteiger partial charge in [0, 0.05) is 5.56 Å². The maximum absolute atomic E-state index is 11.1. The van der Waals surface area contributed by atoms with Gasteiger partial charge in [0.05, 0.1) is 11.8 Å². The second kappa shape index (κ2) is 5.87. The molecule has 1 aromatic carbocycles. The third-order valence-corrected chi connectivity index (χ3v) is 2.55. The van der Waals surface area contributed by atoms with E-state index in [0.29, 0.717) is 30.4 Å². The van der Waals surface area contributed by atoms with Crippen molar-refractivity contribution >= 4 is 11.6 Å². The predicted octanol–water partition coefficient (Wildman–Crippen LogP) is 1.21. The molecule has 19 heavy (non-hydrogen) atoms. The molecule has 1 amide bonds. The Bertz CT molecular complexity index is 561. The molecule has 0 aromatic heterocycles. The van der Waals surface area contributed by atoms with Crippen molar-refractivity contribution in [3.05, 3.63) is 23.8 Å². The molecule has 1 aliphatic heterocycles. The van der Waals surface area contributed by atoms with Crippen LogP contribution in [0.15, 0.2) is 23.3 Å². The van der Waals surface area contributed by atoms with Crippen molar-refractivity contribution < 1.29 is 14.3 Å². The van der Waals surface area contributed by atoms with E-state index in [1.54, 1.807) is 19.1 Å². The average molecular weight is 259 g/mol. The highest BCUT2D eigenvalue weighted by Crippen LogP contribution is 2.30. The number of hydrazone groups is 1. The van der Waals surface area contributed by atoms with Crippen molar-refractivity contribution in [2.24, 2.45) is 5.10 Å². The molecule has 98 valence electrons. The second-order valence-corrected chi connectivity index (χ2v) is 3.93. The van der Waals surface area contributed by atoms with Crippen LogP contribution >= 0.6 is 0 Å². The molecule has 1 N–H and O–H groups in total. The number of ether oxygens (including phenoxy) is 2. The van der Waals surface area contributed by atoms with Crippen LogP contribution in [0.5, 0.6) is 11.5 Å². The number of rotatable bonds is 3. The normalized spacial score (nSPS) is 13.6. The maximum Gasteiger partial charge on any atom is 0.254 e. The van der Waals surface area contributed by atoms with E-state index in [4.69, 9.17) is 14.7 Å². The molecule has 1 aliphatic rings. The summed E-state index contributed by atoms with van der Waals surface area (Å²) in [4.78, 5) is 11.1. The molecule has 2 rings (SSSR count). The van der Waals surface area contributed by atoms with E-state index in [0.717, 1.165) is 5.56 Å². The lowest BCUT2D eigenvalue weighted by atomic mass is 10.1. The molecule has 1 aromatic rings. The number of nitriles is 1. The monoisotopic (exact) mass is 259 g/mol. The van der Waals surface area contributed by atoms with Gasteiger partial charge in [-0.1, -0.05) is 0 Å². The molecule has 0 bridgehead atoms. The summed E-state index contributed by atoms with van der Waals surface area (Å²) in [5, 5.41) is 12.3. The Hall–Kier alpha value is -2.55. The molecule has 0 saturated heterocycles. The summed E-state index contributed by atoms with van der Waals surface area (Å²) < 4.78 is 10.9. The summed E-state index contributed by atoms with van der Waals surface area (Å²) in [5.74, 6) is 0.942. The van der Waals surface area contributed by atoms with Gasteiger partial charge in [0.1, 0.15) is 19.6 Å². The van der Waals surface area contributed by atoms with Gasteiger partial charge in [0.25, 0.3) is 5.91 Å². The minimum absolute atomic E-state index is 0.210. The van der Waals surface area contributed by atoms with Gasteiger partial charge in [-0.2, -0.15) is 10.4 Å². The number of nitrogens with one attached hydrogen (secondary N) is 1. The average Bonchev–Trinajstić information content (AvgIpc) is 2.44. The summed E-state index contributed by atoms with van der Waals surface area (Å²) in [7, 11) is 0. The van der Waals surface area contributed by atoms with Crippen LogP contribution in [-0.2, 0) is 4.79 Å². The number of hydrogen-bond donors (Lipinski definition) is 1. The Labute approximate surface area is 110 Å². The summed E-state index contributed by atoms with van der Waals surface area (Å²) in [5.41, 5.74) is 3.77. The molecule has 0 radical (unpaired) electrons. The van der Waals surface area contributed by atoms with Crippen molar-refractivity contribution in [3.8, 4) is 17.6 Å². The highest BCUT2D eigenvalue weighted by atomic mass is 16.6. The molecule has 0 atom stereocenters. The van der Waals surface area contributed by atoms with Crippen molar-refractivity contribution in [2.75, 3.05) is 13.2 Å². The molecular weight excluding hydrogens is 246 g/mol. The first-order valence-electron chi connectivity index (χ1n) is 5.81. The van der Waals surface area contributed by atoms with Crippen LogP contribution in [0, 0.1) is 11.3 Å². The van der Waals surface area contributed by atoms with Gasteiger partial charge in [0.2, 0.25) is 0 Å². The Balaban J connectivity index is 2.11. The van der Waals surface area contributed by atoms with Crippen LogP contribution in [0.4, 0.5) is 0 Å². The lowest BCUT2D eigenvalue weighted by Crippen LogP contribution is -2.18. The van der Waals surface area contributed by atoms with Crippen molar-refractivity contribution in [2.45, 2.75) is 13.3 Å². The van der Waals surface area contributed by atoms with Crippen LogP contribution in [0.1, 0.15) is 18.9 Å². The standard InChI is InChI=1S/C13H13N3O3/c1-9(15-16-13(17)4-5-14)10-2-3-11-12(8-10)19-7-6-18-11/h2-3,8H,4,6-7H2,1H3,(H,16,17)/b15-9-. The van der Waals surface area contributed by atoms with Gasteiger partial charge in [-0.3, -0.25) is 4.79 Å². The Morgan fingerprint density at radius 2 is 2.16 bits per heavy atom. The van der Waals surface area contributed by atoms with Gasteiger partial charge < -0.3 is 9.47 Å². The predicted molar refractivity (Wildman–Crippen MR) is 68.0 cm³/mol. The summed E-state index contributed by atoms with van der Waals surface area (Å²) >= 11 is 0. The number of amides is 1. The zero-order valence-corrected chi connectivity index (χ0v) is 10.5. The highest BCUT2D eigenvalue weighted by Gasteiger charge is 2.12. The summed E-state index contributed by atoms with van der Waals surface area (Å²) in [6, 6.07) is 7.20. The molecule has 0 fully saturated rings. The zero-order chi connectivity index (χ0) is 13.7. The zero-order valence-electron chi connectivity index (χ0n) is 10.5. The first-order chi connectivity index (χ1) is 9.20. The quantitative estimate of drug-likeness (QED) is 0.653. The van der Waals surface area contributed by atoms with E-state index in [2.05, 4.69) is 10.5 Å². The largest absolute Gasteiger partial charge is 0.486 e. The Morgan fingerprint density at radius 1 is 1.42 bits per heavy atom. The lowest BCUT2D eigenvalue weighted by Gasteiger charge is -2.18. The number of carbonyl (C=O) groups is 1. The number of carbonyl (C=O) groups excluding carboxylic acids is 1. The minimum atomic E-state index is -0.431. The maximum atomic E-state index is 11.1. The van der Waals surface area contributed by atoms with Gasteiger partial charge in [-0.05, 0) is 25.1 Å². The van der Waals surface area contributed by atoms with Gasteiger partial charge in [-0.25, -0.2) is 5.43 Å². The molecule has 6 nitrogen and oxygen atoms in total. The van der Waals surface area contributed by atoms with Crippen LogP contribution in [0.3, 0.4) is 0 Å². The second-order valence-electron chi connectivity index (χ2n) is 3.93. The van der Waals surface area contributed by atoms with E-state index < -0.39 is 5.91 Å². The van der Waals surface area contributed by atoms with E-state index in [1.165, 1.54) is 0 Å². The molecule has 0 unspecified atom stereocenters. The fraction of sp³-hybridized carbons (Fsp3) is 0.308. The summed E-state index contributed by atoms with van der Waals surface area (Å²) in [6.07, 6.45) is -0.210. The van der Waals surface area contributed by atoms with Crippen molar-refractivity contribution in [3.63, 3.8) is 0 Å². The van der Waals surface area contributed by atoms with Crippen molar-refractivity contribution in [1.82, 2.24) is 5.43 Å². The fourth-order valence-electron chi connectivity index (χ4n) is 1.59. The third kappa shape index (κ3) is 3.22. The van der Waals surface area contributed by atoms with E-state index in [1.807, 2.05) is 12.1 Å². The number of hydrogen-bond acceptors (Lipinski definition) is 5. The molecule has 0 aliphatic carbocycles. The molecule has 1 heterocycles. The smallest absolute Gasteiger partial charge is 0.254 e. The van der Waals surface area contributed by atoms with Gasteiger partial charge in [-0.15, -0.1) is 0 Å². The minimum Gasteiger partial charge on any atom is -0.486 e. The number of nitrogens with zero attached hydrogens (tertiary/aromatic N) is 2. The van der Waals surface area contributed by atoms with Crippen LogP contribution < -0.4 is 14.9 Å². The highest BCUT2D eigenvalue weighted by molar-refractivity contribution is 5.99. The van der Waals surface area contributed by atoms with E-state index in [9.17, 15) is 4.79 Å². The first-order valence-corrected chi connectivity index (χ1v) is 5.81. The van der Waals surface area contributed by atoms with Crippen LogP contribution in [-0.4, -0.2) is 24.8 Å². The number of benzene rings is 1. The molecule has 6 heteroatoms. The Morgan fingerprint density at radius 3 is 2.89 bits per heavy atom. The first kappa shape index (κ1) is 12.9. The van der Waals surface area contributed by atoms with E-state index >= 15 is 0 Å². The molecular formula is C13H13N3O3. The van der Waals surface area contributed by atoms with Gasteiger partial charge in [0.15, 0.2) is 11.5 Å². The number of fused-ring (bicyclic) bond motifs is 1. The third-order valence-electron chi connectivity index (χ3n) is 2.55. The van der Waals surface area contributed by atoms with E-state index in [-0.39, 0.29) is 6.42 Å². The summed E-state index contributed by atoms with van der Waals surface area (Å²) in [6.45, 7) is 2.83. The topological polar surface area (TPSA) is 83.7 Å².